The molecule has 0 fully saturated rings. The Kier molecular flexibility index (Phi) is 2.88. The van der Waals surface area contributed by atoms with Crippen molar-refractivity contribution in [2.45, 2.75) is 6.04 Å². The van der Waals surface area contributed by atoms with Crippen LogP contribution in [0, 0.1) is 11.3 Å². The lowest BCUT2D eigenvalue weighted by atomic mass is 9.98. The molecule has 1 aromatic heterocycles. The van der Waals surface area contributed by atoms with Crippen LogP contribution < -0.4 is 15.8 Å². The van der Waals surface area contributed by atoms with Gasteiger partial charge in [0.25, 0.3) is 0 Å². The average Bonchev–Trinajstić information content (AvgIpc) is 2.95. The molecular formula is C13H12N6O2. The molecule has 4 N–H and O–H groups in total. The van der Waals surface area contributed by atoms with Crippen LogP contribution in [0.5, 0.6) is 11.5 Å². The monoisotopic (exact) mass is 284 g/mol. The van der Waals surface area contributed by atoms with Gasteiger partial charge in [-0.1, -0.05) is 6.07 Å². The number of hydrogen-bond acceptors (Lipinski definition) is 7. The number of aromatic hydroxyl groups is 1. The van der Waals surface area contributed by atoms with Crippen molar-refractivity contribution in [3.05, 3.63) is 35.7 Å². The Morgan fingerprint density at radius 2 is 2.33 bits per heavy atom. The smallest absolute Gasteiger partial charge is 0.228 e. The number of benzene rings is 1. The number of nitrogens with two attached hydrogens (primary N) is 1. The third-order valence-corrected chi connectivity index (χ3v) is 3.27. The maximum atomic E-state index is 9.89. The van der Waals surface area contributed by atoms with E-state index in [2.05, 4.69) is 21.5 Å². The first-order valence-corrected chi connectivity index (χ1v) is 6.09. The topological polar surface area (TPSA) is 122 Å². The van der Waals surface area contributed by atoms with Crippen molar-refractivity contribution in [2.24, 2.45) is 5.73 Å². The molecule has 1 aromatic carbocycles. The maximum absolute atomic E-state index is 9.89. The second-order valence-corrected chi connectivity index (χ2v) is 4.41. The van der Waals surface area contributed by atoms with E-state index in [1.165, 1.54) is 24.2 Å². The molecule has 2 aromatic rings. The summed E-state index contributed by atoms with van der Waals surface area (Å²) in [6, 6.07) is 6.45. The van der Waals surface area contributed by atoms with Gasteiger partial charge >= 0.3 is 0 Å². The Balaban J connectivity index is 2.09. The van der Waals surface area contributed by atoms with E-state index >= 15 is 0 Å². The van der Waals surface area contributed by atoms with E-state index in [1.54, 1.807) is 12.1 Å². The summed E-state index contributed by atoms with van der Waals surface area (Å²) in [6.07, 6.45) is 1.35. The van der Waals surface area contributed by atoms with Crippen LogP contribution in [-0.4, -0.2) is 27.0 Å². The van der Waals surface area contributed by atoms with E-state index in [4.69, 9.17) is 10.5 Å². The standard InChI is InChI=1S/C13H12N6O2/c1-21-10-3-2-7(4-9(10)20)11-8(5-14)12(15)19-13(18-11)16-6-17-19/h2-4,6,11,20H,15H2,1H3,(H,16,17,18). The van der Waals surface area contributed by atoms with Crippen LogP contribution in [0.2, 0.25) is 0 Å². The number of phenols is 1. The van der Waals surface area contributed by atoms with Crippen LogP contribution in [0.25, 0.3) is 5.82 Å². The molecule has 1 atom stereocenters. The quantitative estimate of drug-likeness (QED) is 0.745. The molecule has 21 heavy (non-hydrogen) atoms. The number of rotatable bonds is 2. The molecule has 106 valence electrons. The highest BCUT2D eigenvalue weighted by atomic mass is 16.5. The molecular weight excluding hydrogens is 272 g/mol. The number of hydrogen-bond donors (Lipinski definition) is 3. The van der Waals surface area contributed by atoms with Crippen molar-refractivity contribution in [3.8, 4) is 17.6 Å². The van der Waals surface area contributed by atoms with Gasteiger partial charge in [0, 0.05) is 0 Å². The first-order chi connectivity index (χ1) is 10.2. The molecule has 0 aliphatic carbocycles. The predicted molar refractivity (Wildman–Crippen MR) is 74.1 cm³/mol. The molecule has 0 saturated heterocycles. The zero-order valence-electron chi connectivity index (χ0n) is 11.1. The van der Waals surface area contributed by atoms with E-state index < -0.39 is 6.04 Å². The maximum Gasteiger partial charge on any atom is 0.228 e. The van der Waals surface area contributed by atoms with Gasteiger partial charge in [0.2, 0.25) is 5.95 Å². The molecule has 0 saturated carbocycles. The van der Waals surface area contributed by atoms with Crippen LogP contribution in [-0.2, 0) is 0 Å². The van der Waals surface area contributed by atoms with Gasteiger partial charge in [-0.25, -0.2) is 0 Å². The summed E-state index contributed by atoms with van der Waals surface area (Å²) < 4.78 is 6.37. The molecule has 1 aliphatic heterocycles. The van der Waals surface area contributed by atoms with Crippen LogP contribution in [0.1, 0.15) is 11.6 Å². The zero-order valence-corrected chi connectivity index (χ0v) is 11.1. The van der Waals surface area contributed by atoms with Gasteiger partial charge in [0.1, 0.15) is 18.2 Å². The van der Waals surface area contributed by atoms with Gasteiger partial charge in [-0.2, -0.15) is 20.0 Å². The minimum Gasteiger partial charge on any atom is -0.504 e. The minimum absolute atomic E-state index is 0.0142. The summed E-state index contributed by atoms with van der Waals surface area (Å²) in [5.41, 5.74) is 6.93. The van der Waals surface area contributed by atoms with Crippen LogP contribution >= 0.6 is 0 Å². The van der Waals surface area contributed by atoms with E-state index in [-0.39, 0.29) is 11.6 Å². The number of aromatic nitrogens is 3. The van der Waals surface area contributed by atoms with Gasteiger partial charge < -0.3 is 20.9 Å². The summed E-state index contributed by atoms with van der Waals surface area (Å²) in [5, 5.41) is 26.3. The predicted octanol–water partition coefficient (Wildman–Crippen LogP) is 0.810. The molecule has 1 aliphatic rings. The van der Waals surface area contributed by atoms with Crippen molar-refractivity contribution in [3.63, 3.8) is 0 Å². The molecule has 0 spiro atoms. The van der Waals surface area contributed by atoms with Gasteiger partial charge in [-0.3, -0.25) is 0 Å². The summed E-state index contributed by atoms with van der Waals surface area (Å²) in [6.45, 7) is 0. The number of anilines is 1. The number of phenolic OH excluding ortho intramolecular Hbond substituents is 1. The molecule has 8 heteroatoms. The fourth-order valence-electron chi connectivity index (χ4n) is 2.24. The molecule has 0 bridgehead atoms. The van der Waals surface area contributed by atoms with Gasteiger partial charge in [0.15, 0.2) is 11.5 Å². The van der Waals surface area contributed by atoms with E-state index in [9.17, 15) is 10.4 Å². The molecule has 0 radical (unpaired) electrons. The lowest BCUT2D eigenvalue weighted by Gasteiger charge is -2.25. The van der Waals surface area contributed by atoms with Crippen molar-refractivity contribution >= 4 is 11.8 Å². The number of nitrogens with one attached hydrogen (secondary N) is 1. The van der Waals surface area contributed by atoms with Crippen molar-refractivity contribution in [1.29, 1.82) is 5.26 Å². The fraction of sp³-hybridized carbons (Fsp3) is 0.154. The number of fused-ring (bicyclic) bond motifs is 1. The Labute approximate surface area is 120 Å². The summed E-state index contributed by atoms with van der Waals surface area (Å²) in [7, 11) is 1.47. The first kappa shape index (κ1) is 12.8. The zero-order chi connectivity index (χ0) is 15.0. The normalized spacial score (nSPS) is 16.9. The molecule has 3 rings (SSSR count). The molecule has 2 heterocycles. The van der Waals surface area contributed by atoms with Gasteiger partial charge in [-0.05, 0) is 17.7 Å². The highest BCUT2D eigenvalue weighted by molar-refractivity contribution is 5.65. The number of methoxy groups -OCH3 is 1. The second-order valence-electron chi connectivity index (χ2n) is 4.41. The second kappa shape index (κ2) is 4.72. The highest BCUT2D eigenvalue weighted by Gasteiger charge is 2.28. The third-order valence-electron chi connectivity index (χ3n) is 3.27. The van der Waals surface area contributed by atoms with Crippen LogP contribution in [0.3, 0.4) is 0 Å². The van der Waals surface area contributed by atoms with Crippen molar-refractivity contribution < 1.29 is 9.84 Å². The van der Waals surface area contributed by atoms with Crippen molar-refractivity contribution in [2.75, 3.05) is 12.4 Å². The van der Waals surface area contributed by atoms with Crippen LogP contribution in [0.15, 0.2) is 30.1 Å². The lowest BCUT2D eigenvalue weighted by Crippen LogP contribution is -2.27. The largest absolute Gasteiger partial charge is 0.504 e. The van der Waals surface area contributed by atoms with Gasteiger partial charge in [-0.15, -0.1) is 0 Å². The van der Waals surface area contributed by atoms with E-state index in [1.807, 2.05) is 0 Å². The molecule has 0 amide bonds. The van der Waals surface area contributed by atoms with Gasteiger partial charge in [0.05, 0.1) is 18.7 Å². The fourth-order valence-corrected chi connectivity index (χ4v) is 2.24. The van der Waals surface area contributed by atoms with Crippen LogP contribution in [0.4, 0.5) is 5.95 Å². The van der Waals surface area contributed by atoms with Crippen molar-refractivity contribution in [1.82, 2.24) is 14.8 Å². The third kappa shape index (κ3) is 1.92. The number of nitriles is 1. The average molecular weight is 284 g/mol. The minimum atomic E-state index is -0.511. The Morgan fingerprint density at radius 3 is 3.00 bits per heavy atom. The molecule has 1 unspecified atom stereocenters. The summed E-state index contributed by atoms with van der Waals surface area (Å²) in [5.74, 6) is 0.990. The Morgan fingerprint density at radius 1 is 1.52 bits per heavy atom. The Bertz CT molecular complexity index is 773. The molecule has 8 nitrogen and oxygen atoms in total. The Hall–Kier alpha value is -3.21. The van der Waals surface area contributed by atoms with E-state index in [0.717, 1.165) is 0 Å². The van der Waals surface area contributed by atoms with E-state index in [0.29, 0.717) is 22.8 Å². The summed E-state index contributed by atoms with van der Waals surface area (Å²) in [4.78, 5) is 4.04. The SMILES string of the molecule is COc1ccc(C2Nc3ncnn3C(N)=C2C#N)cc1O. The number of ether oxygens (including phenoxy) is 1. The summed E-state index contributed by atoms with van der Waals surface area (Å²) >= 11 is 0. The highest BCUT2D eigenvalue weighted by Crippen LogP contribution is 2.36. The lowest BCUT2D eigenvalue weighted by molar-refractivity contribution is 0.373. The first-order valence-electron chi connectivity index (χ1n) is 6.09. The number of nitrogens with zero attached hydrogens (tertiary/aromatic N) is 4.